The van der Waals surface area contributed by atoms with Crippen LogP contribution in [0.3, 0.4) is 0 Å². The van der Waals surface area contributed by atoms with E-state index in [1.54, 1.807) is 12.3 Å². The predicted octanol–water partition coefficient (Wildman–Crippen LogP) is 1.43. The third-order valence-electron chi connectivity index (χ3n) is 2.08. The lowest BCUT2D eigenvalue weighted by atomic mass is 10.2. The number of rotatable bonds is 2. The van der Waals surface area contributed by atoms with Crippen LogP contribution in [0, 0.1) is 5.82 Å². The molecule has 0 radical (unpaired) electrons. The highest BCUT2D eigenvalue weighted by Crippen LogP contribution is 2.10. The lowest BCUT2D eigenvalue weighted by Crippen LogP contribution is -2.06. The van der Waals surface area contributed by atoms with Crippen molar-refractivity contribution in [2.24, 2.45) is 5.73 Å². The molecule has 0 aliphatic carbocycles. The van der Waals surface area contributed by atoms with Gasteiger partial charge in [-0.15, -0.1) is 0 Å². The van der Waals surface area contributed by atoms with Crippen LogP contribution < -0.4 is 5.73 Å². The maximum Gasteiger partial charge on any atom is 0.161 e. The van der Waals surface area contributed by atoms with E-state index in [4.69, 9.17) is 5.73 Å². The van der Waals surface area contributed by atoms with Crippen molar-refractivity contribution in [2.45, 2.75) is 13.0 Å². The fourth-order valence-corrected chi connectivity index (χ4v) is 1.23. The molecule has 5 heteroatoms. The summed E-state index contributed by atoms with van der Waals surface area (Å²) in [5.74, 6) is 0.191. The van der Waals surface area contributed by atoms with Crippen molar-refractivity contribution < 1.29 is 4.39 Å². The van der Waals surface area contributed by atoms with Crippen molar-refractivity contribution in [3.8, 4) is 5.82 Å². The van der Waals surface area contributed by atoms with Gasteiger partial charge in [-0.1, -0.05) is 6.07 Å². The first-order valence-corrected chi connectivity index (χ1v) is 4.59. The SMILES string of the molecule is CC(N)c1ccc(-n2cc(F)cn2)nc1. The highest BCUT2D eigenvalue weighted by Gasteiger charge is 2.03. The van der Waals surface area contributed by atoms with Crippen LogP contribution in [0.25, 0.3) is 5.82 Å². The molecular formula is C10H11FN4. The number of nitrogens with two attached hydrogens (primary N) is 1. The van der Waals surface area contributed by atoms with Crippen LogP contribution in [-0.4, -0.2) is 14.8 Å². The van der Waals surface area contributed by atoms with Gasteiger partial charge in [0.05, 0.1) is 12.4 Å². The first-order valence-electron chi connectivity index (χ1n) is 4.59. The Bertz CT molecular complexity index is 447. The van der Waals surface area contributed by atoms with Gasteiger partial charge in [-0.3, -0.25) is 0 Å². The van der Waals surface area contributed by atoms with Gasteiger partial charge in [-0.25, -0.2) is 14.1 Å². The lowest BCUT2D eigenvalue weighted by Gasteiger charge is -2.05. The third-order valence-corrected chi connectivity index (χ3v) is 2.08. The number of pyridine rings is 1. The van der Waals surface area contributed by atoms with E-state index in [0.717, 1.165) is 11.8 Å². The van der Waals surface area contributed by atoms with Gasteiger partial charge in [0.25, 0.3) is 0 Å². The molecule has 0 spiro atoms. The van der Waals surface area contributed by atoms with Crippen LogP contribution in [0.15, 0.2) is 30.7 Å². The Labute approximate surface area is 86.6 Å². The van der Waals surface area contributed by atoms with E-state index in [0.29, 0.717) is 5.82 Å². The zero-order valence-corrected chi connectivity index (χ0v) is 8.26. The van der Waals surface area contributed by atoms with Gasteiger partial charge in [0, 0.05) is 12.2 Å². The van der Waals surface area contributed by atoms with Crippen molar-refractivity contribution in [3.05, 3.63) is 42.1 Å². The number of hydrogen-bond donors (Lipinski definition) is 1. The Morgan fingerprint density at radius 3 is 2.67 bits per heavy atom. The number of aromatic nitrogens is 3. The quantitative estimate of drug-likeness (QED) is 0.808. The number of nitrogens with zero attached hydrogens (tertiary/aromatic N) is 3. The highest BCUT2D eigenvalue weighted by atomic mass is 19.1. The van der Waals surface area contributed by atoms with Crippen LogP contribution in [0.1, 0.15) is 18.5 Å². The molecule has 78 valence electrons. The van der Waals surface area contributed by atoms with Gasteiger partial charge >= 0.3 is 0 Å². The molecule has 1 atom stereocenters. The fraction of sp³-hybridized carbons (Fsp3) is 0.200. The van der Waals surface area contributed by atoms with Crippen LogP contribution in [0.4, 0.5) is 4.39 Å². The molecular weight excluding hydrogens is 195 g/mol. The summed E-state index contributed by atoms with van der Waals surface area (Å²) in [6.45, 7) is 1.88. The topological polar surface area (TPSA) is 56.7 Å². The number of hydrogen-bond acceptors (Lipinski definition) is 3. The van der Waals surface area contributed by atoms with Crippen molar-refractivity contribution in [3.63, 3.8) is 0 Å². The van der Waals surface area contributed by atoms with Gasteiger partial charge in [0.15, 0.2) is 11.6 Å². The van der Waals surface area contributed by atoms with Crippen LogP contribution >= 0.6 is 0 Å². The Kier molecular flexibility index (Phi) is 2.47. The molecule has 0 aliphatic rings. The molecule has 0 aromatic carbocycles. The van der Waals surface area contributed by atoms with E-state index in [-0.39, 0.29) is 11.9 Å². The van der Waals surface area contributed by atoms with Gasteiger partial charge in [-0.05, 0) is 18.6 Å². The summed E-state index contributed by atoms with van der Waals surface area (Å²) < 4.78 is 14.1. The largest absolute Gasteiger partial charge is 0.324 e. The van der Waals surface area contributed by atoms with E-state index < -0.39 is 0 Å². The fourth-order valence-electron chi connectivity index (χ4n) is 1.23. The summed E-state index contributed by atoms with van der Waals surface area (Å²) in [6.07, 6.45) is 4.08. The first kappa shape index (κ1) is 9.79. The predicted molar refractivity (Wildman–Crippen MR) is 53.9 cm³/mol. The Balaban J connectivity index is 2.31. The Morgan fingerprint density at radius 1 is 1.40 bits per heavy atom. The molecule has 2 aromatic rings. The van der Waals surface area contributed by atoms with E-state index >= 15 is 0 Å². The maximum absolute atomic E-state index is 12.7. The molecule has 0 aliphatic heterocycles. The highest BCUT2D eigenvalue weighted by molar-refractivity contribution is 5.25. The zero-order valence-electron chi connectivity index (χ0n) is 8.26. The average molecular weight is 206 g/mol. The monoisotopic (exact) mass is 206 g/mol. The molecule has 0 amide bonds. The van der Waals surface area contributed by atoms with Crippen molar-refractivity contribution >= 4 is 0 Å². The van der Waals surface area contributed by atoms with E-state index in [1.165, 1.54) is 10.9 Å². The lowest BCUT2D eigenvalue weighted by molar-refractivity contribution is 0.627. The Hall–Kier alpha value is -1.75. The summed E-state index contributed by atoms with van der Waals surface area (Å²) in [7, 11) is 0. The molecule has 2 aromatic heterocycles. The van der Waals surface area contributed by atoms with Crippen molar-refractivity contribution in [1.82, 2.24) is 14.8 Å². The molecule has 1 unspecified atom stereocenters. The maximum atomic E-state index is 12.7. The molecule has 2 rings (SSSR count). The average Bonchev–Trinajstić information content (AvgIpc) is 2.65. The second kappa shape index (κ2) is 3.78. The number of halogens is 1. The second-order valence-electron chi connectivity index (χ2n) is 3.34. The standard InChI is InChI=1S/C10H11FN4/c1-7(12)8-2-3-10(13-4-8)15-6-9(11)5-14-15/h2-7H,12H2,1H3. The second-order valence-corrected chi connectivity index (χ2v) is 3.34. The minimum Gasteiger partial charge on any atom is -0.324 e. The molecule has 4 nitrogen and oxygen atoms in total. The zero-order chi connectivity index (χ0) is 10.8. The summed E-state index contributed by atoms with van der Waals surface area (Å²) in [5.41, 5.74) is 6.62. The third kappa shape index (κ3) is 2.02. The molecule has 0 fully saturated rings. The van der Waals surface area contributed by atoms with Gasteiger partial charge in [-0.2, -0.15) is 5.10 Å². The van der Waals surface area contributed by atoms with E-state index in [2.05, 4.69) is 10.1 Å². The summed E-state index contributed by atoms with van der Waals surface area (Å²) in [4.78, 5) is 4.14. The molecule has 0 bridgehead atoms. The van der Waals surface area contributed by atoms with Crippen molar-refractivity contribution in [2.75, 3.05) is 0 Å². The summed E-state index contributed by atoms with van der Waals surface area (Å²) in [5, 5.41) is 3.81. The van der Waals surface area contributed by atoms with Gasteiger partial charge < -0.3 is 5.73 Å². The van der Waals surface area contributed by atoms with Crippen LogP contribution in [-0.2, 0) is 0 Å². The molecule has 0 saturated heterocycles. The molecule has 0 saturated carbocycles. The smallest absolute Gasteiger partial charge is 0.161 e. The van der Waals surface area contributed by atoms with Crippen LogP contribution in [0.2, 0.25) is 0 Å². The Morgan fingerprint density at radius 2 is 2.20 bits per heavy atom. The molecule has 15 heavy (non-hydrogen) atoms. The molecule has 2 N–H and O–H groups in total. The minimum absolute atomic E-state index is 0.0547. The summed E-state index contributed by atoms with van der Waals surface area (Å²) >= 11 is 0. The molecule has 2 heterocycles. The first-order chi connectivity index (χ1) is 7.16. The normalized spacial score (nSPS) is 12.7. The minimum atomic E-state index is -0.381. The van der Waals surface area contributed by atoms with Crippen LogP contribution in [0.5, 0.6) is 0 Å². The van der Waals surface area contributed by atoms with E-state index in [9.17, 15) is 4.39 Å². The van der Waals surface area contributed by atoms with Crippen molar-refractivity contribution in [1.29, 1.82) is 0 Å². The van der Waals surface area contributed by atoms with Gasteiger partial charge in [0.1, 0.15) is 0 Å². The summed E-state index contributed by atoms with van der Waals surface area (Å²) in [6, 6.07) is 3.55. The van der Waals surface area contributed by atoms with E-state index in [1.807, 2.05) is 13.0 Å². The van der Waals surface area contributed by atoms with Gasteiger partial charge in [0.2, 0.25) is 0 Å².